The van der Waals surface area contributed by atoms with Gasteiger partial charge in [0.15, 0.2) is 0 Å². The molecule has 0 amide bonds. The zero-order valence-electron chi connectivity index (χ0n) is 7.15. The maximum absolute atomic E-state index is 10.9. The fraction of sp³-hybridized carbons (Fsp3) is 1.00. The summed E-state index contributed by atoms with van der Waals surface area (Å²) in [6, 6.07) is 0. The quantitative estimate of drug-likeness (QED) is 0.672. The highest BCUT2D eigenvalue weighted by atomic mass is 19.4. The van der Waals surface area contributed by atoms with E-state index >= 15 is 0 Å². The Bertz CT molecular complexity index is 138. The highest BCUT2D eigenvalue weighted by Gasteiger charge is 2.33. The third-order valence-electron chi connectivity index (χ3n) is 0.869. The van der Waals surface area contributed by atoms with Gasteiger partial charge in [-0.25, -0.2) is 0 Å². The van der Waals surface area contributed by atoms with Crippen LogP contribution < -0.4 is 0 Å². The third kappa shape index (κ3) is 14.0. The second kappa shape index (κ2) is 6.07. The van der Waals surface area contributed by atoms with Crippen molar-refractivity contribution in [3.05, 3.63) is 0 Å². The Balaban J connectivity index is 0. The molecular formula is C6H10F6O2. The van der Waals surface area contributed by atoms with E-state index in [2.05, 4.69) is 0 Å². The lowest BCUT2D eigenvalue weighted by atomic mass is 10.4. The molecule has 0 heterocycles. The van der Waals surface area contributed by atoms with Crippen LogP contribution in [0.1, 0.15) is 13.3 Å². The minimum Gasteiger partial charge on any atom is -0.396 e. The number of hydrogen-bond acceptors (Lipinski definition) is 2. The highest BCUT2D eigenvalue weighted by Crippen LogP contribution is 2.18. The largest absolute Gasteiger partial charge is 0.414 e. The Kier molecular flexibility index (Phi) is 6.92. The van der Waals surface area contributed by atoms with Gasteiger partial charge in [0.2, 0.25) is 0 Å². The second-order valence-corrected chi connectivity index (χ2v) is 2.31. The molecule has 0 aromatic heterocycles. The van der Waals surface area contributed by atoms with Crippen molar-refractivity contribution in [3.63, 3.8) is 0 Å². The maximum Gasteiger partial charge on any atom is 0.414 e. The lowest BCUT2D eigenvalue weighted by molar-refractivity contribution is -0.197. The van der Waals surface area contributed by atoms with Crippen LogP contribution in [-0.4, -0.2) is 35.3 Å². The van der Waals surface area contributed by atoms with Gasteiger partial charge in [-0.15, -0.1) is 0 Å². The van der Waals surface area contributed by atoms with Gasteiger partial charge in [-0.3, -0.25) is 0 Å². The van der Waals surface area contributed by atoms with Crippen molar-refractivity contribution in [2.45, 2.75) is 31.8 Å². The van der Waals surface area contributed by atoms with Gasteiger partial charge in [0, 0.05) is 0 Å². The Morgan fingerprint density at radius 3 is 1.36 bits per heavy atom. The summed E-state index contributed by atoms with van der Waals surface area (Å²) in [5.74, 6) is 0. The SMILES string of the molecule is CC(O)C(F)(F)F.OCCC(F)(F)F. The Hall–Kier alpha value is -0.500. The van der Waals surface area contributed by atoms with Gasteiger partial charge in [-0.05, 0) is 6.92 Å². The van der Waals surface area contributed by atoms with Crippen LogP contribution >= 0.6 is 0 Å². The average Bonchev–Trinajstić information content (AvgIpc) is 1.82. The van der Waals surface area contributed by atoms with E-state index in [1.807, 2.05) is 0 Å². The molecule has 0 aliphatic heterocycles. The summed E-state index contributed by atoms with van der Waals surface area (Å²) >= 11 is 0. The van der Waals surface area contributed by atoms with E-state index in [0.717, 1.165) is 0 Å². The topological polar surface area (TPSA) is 40.5 Å². The molecule has 0 aromatic rings. The fourth-order valence-electron chi connectivity index (χ4n) is 0.127. The van der Waals surface area contributed by atoms with Gasteiger partial charge in [-0.2, -0.15) is 26.3 Å². The van der Waals surface area contributed by atoms with Gasteiger partial charge < -0.3 is 10.2 Å². The smallest absolute Gasteiger partial charge is 0.396 e. The molecule has 0 spiro atoms. The summed E-state index contributed by atoms with van der Waals surface area (Å²) in [7, 11) is 0. The molecule has 1 atom stereocenters. The molecule has 8 heteroatoms. The first-order valence-corrected chi connectivity index (χ1v) is 3.43. The molecule has 2 N–H and O–H groups in total. The molecule has 1 unspecified atom stereocenters. The summed E-state index contributed by atoms with van der Waals surface area (Å²) in [4.78, 5) is 0. The van der Waals surface area contributed by atoms with Crippen LogP contribution in [0.15, 0.2) is 0 Å². The van der Waals surface area contributed by atoms with Crippen LogP contribution in [-0.2, 0) is 0 Å². The number of aliphatic hydroxyl groups is 2. The number of halogens is 6. The number of aliphatic hydroxyl groups excluding tert-OH is 2. The van der Waals surface area contributed by atoms with E-state index in [1.165, 1.54) is 0 Å². The molecular weight excluding hydrogens is 218 g/mol. The van der Waals surface area contributed by atoms with E-state index in [9.17, 15) is 26.3 Å². The van der Waals surface area contributed by atoms with E-state index < -0.39 is 31.5 Å². The van der Waals surface area contributed by atoms with Crippen molar-refractivity contribution < 1.29 is 36.6 Å². The first kappa shape index (κ1) is 15.9. The van der Waals surface area contributed by atoms with Crippen LogP contribution in [0.25, 0.3) is 0 Å². The first-order valence-electron chi connectivity index (χ1n) is 3.43. The minimum atomic E-state index is -4.44. The average molecular weight is 228 g/mol. The first-order chi connectivity index (χ1) is 6.00. The van der Waals surface area contributed by atoms with Crippen molar-refractivity contribution in [3.8, 4) is 0 Å². The molecule has 0 aliphatic rings. The van der Waals surface area contributed by atoms with Gasteiger partial charge in [-0.1, -0.05) is 0 Å². The van der Waals surface area contributed by atoms with Crippen molar-refractivity contribution >= 4 is 0 Å². The summed E-state index contributed by atoms with van der Waals surface area (Å²) in [6.45, 7) is -0.135. The highest BCUT2D eigenvalue weighted by molar-refractivity contribution is 4.55. The van der Waals surface area contributed by atoms with Gasteiger partial charge >= 0.3 is 12.4 Å². The molecule has 0 bridgehead atoms. The van der Waals surface area contributed by atoms with Crippen LogP contribution in [0, 0.1) is 0 Å². The lowest BCUT2D eigenvalue weighted by Gasteiger charge is -2.06. The molecule has 0 fully saturated rings. The van der Waals surface area contributed by atoms with Gasteiger partial charge in [0.05, 0.1) is 13.0 Å². The molecule has 0 aliphatic carbocycles. The molecule has 0 saturated heterocycles. The number of rotatable bonds is 1. The molecule has 0 rings (SSSR count). The lowest BCUT2D eigenvalue weighted by Crippen LogP contribution is -2.24. The van der Waals surface area contributed by atoms with E-state index in [1.54, 1.807) is 0 Å². The van der Waals surface area contributed by atoms with Crippen LogP contribution in [0.2, 0.25) is 0 Å². The maximum atomic E-state index is 10.9. The Morgan fingerprint density at radius 1 is 1.07 bits per heavy atom. The summed E-state index contributed by atoms with van der Waals surface area (Å²) in [5, 5.41) is 15.4. The minimum absolute atomic E-state index is 0.681. The monoisotopic (exact) mass is 228 g/mol. The third-order valence-corrected chi connectivity index (χ3v) is 0.869. The second-order valence-electron chi connectivity index (χ2n) is 2.31. The zero-order chi connectivity index (χ0) is 12.0. The molecule has 2 nitrogen and oxygen atoms in total. The van der Waals surface area contributed by atoms with Crippen LogP contribution in [0.5, 0.6) is 0 Å². The zero-order valence-corrected chi connectivity index (χ0v) is 7.15. The van der Waals surface area contributed by atoms with Crippen LogP contribution in [0.4, 0.5) is 26.3 Å². The Labute approximate surface area is 76.2 Å². The Morgan fingerprint density at radius 2 is 1.36 bits per heavy atom. The summed E-state index contributed by atoms with van der Waals surface area (Å²) in [6.07, 6.45) is -11.9. The van der Waals surface area contributed by atoms with Crippen molar-refractivity contribution in [1.82, 2.24) is 0 Å². The van der Waals surface area contributed by atoms with Crippen LogP contribution in [0.3, 0.4) is 0 Å². The normalized spacial score (nSPS) is 14.4. The molecule has 88 valence electrons. The summed E-state index contributed by atoms with van der Waals surface area (Å²) < 4.78 is 65.5. The standard InChI is InChI=1S/2C3H5F3O/c1-2(7)3(4,5)6;4-3(5,6)1-2-7/h2,7H,1H3;7H,1-2H2. The molecule has 0 aromatic carbocycles. The van der Waals surface area contributed by atoms with Crippen molar-refractivity contribution in [2.75, 3.05) is 6.61 Å². The van der Waals surface area contributed by atoms with Gasteiger partial charge in [0.1, 0.15) is 6.10 Å². The van der Waals surface area contributed by atoms with E-state index in [4.69, 9.17) is 10.2 Å². The molecule has 0 radical (unpaired) electrons. The van der Waals surface area contributed by atoms with Crippen molar-refractivity contribution in [1.29, 1.82) is 0 Å². The predicted octanol–water partition coefficient (Wildman–Crippen LogP) is 1.86. The van der Waals surface area contributed by atoms with E-state index in [-0.39, 0.29) is 0 Å². The molecule has 0 saturated carbocycles. The molecule has 14 heavy (non-hydrogen) atoms. The predicted molar refractivity (Wildman–Crippen MR) is 35.5 cm³/mol. The number of alkyl halides is 6. The van der Waals surface area contributed by atoms with E-state index in [0.29, 0.717) is 6.92 Å². The van der Waals surface area contributed by atoms with Crippen molar-refractivity contribution in [2.24, 2.45) is 0 Å². The summed E-state index contributed by atoms with van der Waals surface area (Å²) in [5.41, 5.74) is 0. The number of hydrogen-bond donors (Lipinski definition) is 2. The fourth-order valence-corrected chi connectivity index (χ4v) is 0.127. The van der Waals surface area contributed by atoms with Gasteiger partial charge in [0.25, 0.3) is 0 Å².